The SMILES string of the molecule is Cc1ccc2[nH]c3c(=O)n(CC(=O)Nc4ccc(OC(F)(F)F)cc4)cnc3c2c1. The molecule has 2 heterocycles. The predicted octanol–water partition coefficient (Wildman–Crippen LogP) is 3.72. The molecule has 0 aliphatic heterocycles. The number of nitrogens with zero attached hydrogens (tertiary/aromatic N) is 2. The third-order valence-electron chi connectivity index (χ3n) is 4.41. The third-order valence-corrected chi connectivity index (χ3v) is 4.41. The second kappa shape index (κ2) is 7.21. The molecule has 154 valence electrons. The monoisotopic (exact) mass is 416 g/mol. The van der Waals surface area contributed by atoms with E-state index < -0.39 is 23.6 Å². The summed E-state index contributed by atoms with van der Waals surface area (Å²) in [5.74, 6) is -0.935. The number of aromatic nitrogens is 3. The Hall–Kier alpha value is -3.82. The molecule has 0 radical (unpaired) electrons. The zero-order chi connectivity index (χ0) is 21.5. The Morgan fingerprint density at radius 2 is 1.93 bits per heavy atom. The second-order valence-electron chi connectivity index (χ2n) is 6.70. The van der Waals surface area contributed by atoms with E-state index in [-0.39, 0.29) is 12.2 Å². The van der Waals surface area contributed by atoms with Crippen LogP contribution in [0.2, 0.25) is 0 Å². The van der Waals surface area contributed by atoms with Gasteiger partial charge in [-0.2, -0.15) is 0 Å². The lowest BCUT2D eigenvalue weighted by Crippen LogP contribution is -2.28. The standard InChI is InChI=1S/C20H15F3N4O3/c1-11-2-7-15-14(8-11)17-18(26-15)19(29)27(10-24-17)9-16(28)25-12-3-5-13(6-4-12)30-20(21,22)23/h2-8,10,26H,9H2,1H3,(H,25,28). The molecule has 4 aromatic rings. The first kappa shape index (κ1) is 19.5. The molecule has 2 aromatic heterocycles. The average molecular weight is 416 g/mol. The van der Waals surface area contributed by atoms with Crippen LogP contribution >= 0.6 is 0 Å². The van der Waals surface area contributed by atoms with Crippen molar-refractivity contribution in [3.05, 3.63) is 64.7 Å². The Morgan fingerprint density at radius 3 is 2.63 bits per heavy atom. The number of aryl methyl sites for hydroxylation is 1. The number of carbonyl (C=O) groups excluding carboxylic acids is 1. The number of H-pyrrole nitrogens is 1. The summed E-state index contributed by atoms with van der Waals surface area (Å²) in [5.41, 5.74) is 2.47. The minimum absolute atomic E-state index is 0.262. The molecule has 10 heteroatoms. The molecule has 2 aromatic carbocycles. The average Bonchev–Trinajstić information content (AvgIpc) is 3.03. The van der Waals surface area contributed by atoms with Gasteiger partial charge in [0.2, 0.25) is 5.91 Å². The normalized spacial score (nSPS) is 11.7. The van der Waals surface area contributed by atoms with Gasteiger partial charge in [-0.3, -0.25) is 14.2 Å². The highest BCUT2D eigenvalue weighted by Crippen LogP contribution is 2.24. The lowest BCUT2D eigenvalue weighted by molar-refractivity contribution is -0.274. The molecule has 1 amide bonds. The predicted molar refractivity (Wildman–Crippen MR) is 104 cm³/mol. The van der Waals surface area contributed by atoms with Crippen LogP contribution in [0.5, 0.6) is 5.75 Å². The molecule has 0 unspecified atom stereocenters. The molecule has 0 spiro atoms. The molecule has 0 saturated carbocycles. The zero-order valence-corrected chi connectivity index (χ0v) is 15.6. The van der Waals surface area contributed by atoms with E-state index in [1.807, 2.05) is 25.1 Å². The van der Waals surface area contributed by atoms with E-state index in [9.17, 15) is 22.8 Å². The number of carbonyl (C=O) groups is 1. The number of aromatic amines is 1. The molecule has 7 nitrogen and oxygen atoms in total. The summed E-state index contributed by atoms with van der Waals surface area (Å²) in [4.78, 5) is 32.4. The summed E-state index contributed by atoms with van der Waals surface area (Å²) in [6, 6.07) is 10.4. The van der Waals surface area contributed by atoms with Gasteiger partial charge >= 0.3 is 6.36 Å². The molecular weight excluding hydrogens is 401 g/mol. The number of nitrogens with one attached hydrogen (secondary N) is 2. The van der Waals surface area contributed by atoms with Gasteiger partial charge in [0, 0.05) is 16.6 Å². The van der Waals surface area contributed by atoms with E-state index in [1.165, 1.54) is 18.5 Å². The number of anilines is 1. The highest BCUT2D eigenvalue weighted by atomic mass is 19.4. The molecular formula is C20H15F3N4O3. The van der Waals surface area contributed by atoms with Gasteiger partial charge in [-0.25, -0.2) is 4.98 Å². The Bertz CT molecular complexity index is 1310. The number of ether oxygens (including phenoxy) is 1. The maximum atomic E-state index is 12.7. The third kappa shape index (κ3) is 3.97. The van der Waals surface area contributed by atoms with E-state index in [4.69, 9.17) is 0 Å². The number of amides is 1. The summed E-state index contributed by atoms with van der Waals surface area (Å²) in [6.07, 6.45) is -3.50. The van der Waals surface area contributed by atoms with Crippen LogP contribution in [0, 0.1) is 6.92 Å². The van der Waals surface area contributed by atoms with Crippen molar-refractivity contribution in [1.82, 2.24) is 14.5 Å². The van der Waals surface area contributed by atoms with Gasteiger partial charge in [0.25, 0.3) is 5.56 Å². The van der Waals surface area contributed by atoms with Crippen molar-refractivity contribution in [2.45, 2.75) is 19.8 Å². The Balaban J connectivity index is 1.52. The van der Waals surface area contributed by atoms with Crippen molar-refractivity contribution in [3.8, 4) is 5.75 Å². The van der Waals surface area contributed by atoms with Gasteiger partial charge in [0.05, 0.1) is 6.33 Å². The van der Waals surface area contributed by atoms with Crippen LogP contribution in [0.3, 0.4) is 0 Å². The minimum atomic E-state index is -4.79. The van der Waals surface area contributed by atoms with E-state index in [1.54, 1.807) is 0 Å². The number of hydrogen-bond donors (Lipinski definition) is 2. The van der Waals surface area contributed by atoms with E-state index in [2.05, 4.69) is 20.0 Å². The summed E-state index contributed by atoms with van der Waals surface area (Å²) in [6.45, 7) is 1.63. The molecule has 2 N–H and O–H groups in total. The van der Waals surface area contributed by atoms with Gasteiger partial charge < -0.3 is 15.0 Å². The van der Waals surface area contributed by atoms with Crippen molar-refractivity contribution in [1.29, 1.82) is 0 Å². The number of halogens is 3. The second-order valence-corrected chi connectivity index (χ2v) is 6.70. The lowest BCUT2D eigenvalue weighted by atomic mass is 10.2. The molecule has 0 fully saturated rings. The number of fused-ring (bicyclic) bond motifs is 3. The first-order chi connectivity index (χ1) is 14.2. The molecule has 0 saturated heterocycles. The van der Waals surface area contributed by atoms with Crippen LogP contribution in [0.25, 0.3) is 21.9 Å². The lowest BCUT2D eigenvalue weighted by Gasteiger charge is -2.10. The zero-order valence-electron chi connectivity index (χ0n) is 15.6. The Kier molecular flexibility index (Phi) is 4.69. The maximum Gasteiger partial charge on any atom is 0.573 e. The van der Waals surface area contributed by atoms with Crippen LogP contribution in [0.4, 0.5) is 18.9 Å². The first-order valence-electron chi connectivity index (χ1n) is 8.83. The van der Waals surface area contributed by atoms with Gasteiger partial charge in [-0.1, -0.05) is 11.6 Å². The molecule has 0 aliphatic rings. The van der Waals surface area contributed by atoms with Crippen molar-refractivity contribution < 1.29 is 22.7 Å². The van der Waals surface area contributed by atoms with Gasteiger partial charge in [0.1, 0.15) is 23.3 Å². The summed E-state index contributed by atoms with van der Waals surface area (Å²) in [5, 5.41) is 3.34. The van der Waals surface area contributed by atoms with Crippen LogP contribution in [0.15, 0.2) is 53.6 Å². The van der Waals surface area contributed by atoms with Crippen molar-refractivity contribution in [3.63, 3.8) is 0 Å². The van der Waals surface area contributed by atoms with Gasteiger partial charge in [-0.15, -0.1) is 13.2 Å². The number of alkyl halides is 3. The largest absolute Gasteiger partial charge is 0.573 e. The van der Waals surface area contributed by atoms with Crippen LogP contribution < -0.4 is 15.6 Å². The van der Waals surface area contributed by atoms with Gasteiger partial charge in [0.15, 0.2) is 0 Å². The smallest absolute Gasteiger partial charge is 0.406 e. The summed E-state index contributed by atoms with van der Waals surface area (Å²) < 4.78 is 41.5. The summed E-state index contributed by atoms with van der Waals surface area (Å²) in [7, 11) is 0. The molecule has 0 bridgehead atoms. The van der Waals surface area contributed by atoms with Crippen molar-refractivity contribution in [2.24, 2.45) is 0 Å². The Labute approximate surface area is 167 Å². The van der Waals surface area contributed by atoms with Crippen LogP contribution in [-0.2, 0) is 11.3 Å². The van der Waals surface area contributed by atoms with Crippen molar-refractivity contribution >= 4 is 33.5 Å². The Morgan fingerprint density at radius 1 is 1.20 bits per heavy atom. The van der Waals surface area contributed by atoms with Gasteiger partial charge in [-0.05, 0) is 43.3 Å². The fourth-order valence-electron chi connectivity index (χ4n) is 3.11. The molecule has 30 heavy (non-hydrogen) atoms. The fraction of sp³-hybridized carbons (Fsp3) is 0.150. The number of benzene rings is 2. The molecule has 4 rings (SSSR count). The first-order valence-corrected chi connectivity index (χ1v) is 8.83. The summed E-state index contributed by atoms with van der Waals surface area (Å²) >= 11 is 0. The van der Waals surface area contributed by atoms with E-state index in [0.717, 1.165) is 33.2 Å². The topological polar surface area (TPSA) is 89.0 Å². The minimum Gasteiger partial charge on any atom is -0.406 e. The van der Waals surface area contributed by atoms with Crippen molar-refractivity contribution in [2.75, 3.05) is 5.32 Å². The molecule has 0 aliphatic carbocycles. The van der Waals surface area contributed by atoms with E-state index in [0.29, 0.717) is 11.0 Å². The fourth-order valence-corrected chi connectivity index (χ4v) is 3.11. The maximum absolute atomic E-state index is 12.7. The van der Waals surface area contributed by atoms with Crippen LogP contribution in [-0.4, -0.2) is 26.8 Å². The van der Waals surface area contributed by atoms with Crippen LogP contribution in [0.1, 0.15) is 5.56 Å². The van der Waals surface area contributed by atoms with E-state index >= 15 is 0 Å². The number of rotatable bonds is 4. The molecule has 0 atom stereocenters. The highest BCUT2D eigenvalue weighted by molar-refractivity contribution is 6.04. The highest BCUT2D eigenvalue weighted by Gasteiger charge is 2.31. The number of hydrogen-bond acceptors (Lipinski definition) is 4. The quantitative estimate of drug-likeness (QED) is 0.531.